The van der Waals surface area contributed by atoms with E-state index in [1.54, 1.807) is 0 Å². The van der Waals surface area contributed by atoms with Crippen LogP contribution in [0, 0.1) is 26.7 Å². The van der Waals surface area contributed by atoms with Gasteiger partial charge in [-0.15, -0.1) is 0 Å². The minimum atomic E-state index is 0.468. The van der Waals surface area contributed by atoms with E-state index < -0.39 is 0 Å². The van der Waals surface area contributed by atoms with E-state index in [1.165, 1.54) is 22.4 Å². The Hall–Kier alpha value is -7.56. The second-order valence-electron chi connectivity index (χ2n) is 16.3. The van der Waals surface area contributed by atoms with Gasteiger partial charge in [0, 0.05) is 68.3 Å². The van der Waals surface area contributed by atoms with Crippen molar-refractivity contribution in [2.45, 2.75) is 34.1 Å². The molecular formula is C58H52N4. The molecule has 8 aromatic rings. The number of hydrogen-bond acceptors (Lipinski definition) is 4. The summed E-state index contributed by atoms with van der Waals surface area (Å²) in [6.07, 6.45) is 7.99. The van der Waals surface area contributed by atoms with Crippen LogP contribution in [0.1, 0.15) is 30.0 Å². The first-order valence-electron chi connectivity index (χ1n) is 21.6. The Bertz CT molecular complexity index is 2680. The van der Waals surface area contributed by atoms with Crippen molar-refractivity contribution >= 4 is 62.6 Å². The Balaban J connectivity index is 1.14. The highest BCUT2D eigenvalue weighted by Crippen LogP contribution is 2.43. The molecule has 0 aliphatic heterocycles. The van der Waals surface area contributed by atoms with Gasteiger partial charge in [0.05, 0.1) is 0 Å². The number of aryl methyl sites for hydroxylation is 3. The summed E-state index contributed by atoms with van der Waals surface area (Å²) in [6, 6.07) is 74.3. The van der Waals surface area contributed by atoms with Crippen LogP contribution >= 0.6 is 0 Å². The molecule has 1 aliphatic carbocycles. The molecular weight excluding hydrogens is 753 g/mol. The SMILES string of the molecule is Cc1cccc(N(C2=CC(C)CC=C2)c2ccc(N(c3ccc(N(c4ccccc4)c4cccc(C)c4)cc3)c3ccc(N(c4ccccc4)c4cccc(C)c4)cc3)cc2)c1. The molecule has 0 amide bonds. The predicted octanol–water partition coefficient (Wildman–Crippen LogP) is 16.6. The molecule has 0 saturated carbocycles. The molecule has 1 atom stereocenters. The average molecular weight is 805 g/mol. The molecule has 0 fully saturated rings. The normalized spacial score (nSPS) is 13.3. The van der Waals surface area contributed by atoms with E-state index >= 15 is 0 Å². The average Bonchev–Trinajstić information content (AvgIpc) is 3.29. The first-order valence-corrected chi connectivity index (χ1v) is 21.6. The lowest BCUT2D eigenvalue weighted by Gasteiger charge is -2.31. The maximum atomic E-state index is 2.39. The highest BCUT2D eigenvalue weighted by molar-refractivity contribution is 5.84. The van der Waals surface area contributed by atoms with E-state index in [0.717, 1.165) is 69.0 Å². The van der Waals surface area contributed by atoms with E-state index in [4.69, 9.17) is 0 Å². The fraction of sp³-hybridized carbons (Fsp3) is 0.103. The van der Waals surface area contributed by atoms with Gasteiger partial charge in [0.15, 0.2) is 0 Å². The molecule has 0 saturated heterocycles. The molecule has 62 heavy (non-hydrogen) atoms. The van der Waals surface area contributed by atoms with E-state index in [-0.39, 0.29) is 0 Å². The van der Waals surface area contributed by atoms with Crippen LogP contribution in [0.5, 0.6) is 0 Å². The van der Waals surface area contributed by atoms with Crippen LogP contribution in [0.4, 0.5) is 62.6 Å². The van der Waals surface area contributed by atoms with Crippen LogP contribution in [0.15, 0.2) is 230 Å². The van der Waals surface area contributed by atoms with E-state index in [2.05, 4.69) is 272 Å². The minimum Gasteiger partial charge on any atom is -0.311 e. The fourth-order valence-corrected chi connectivity index (χ4v) is 8.46. The summed E-state index contributed by atoms with van der Waals surface area (Å²) in [5, 5.41) is 0. The van der Waals surface area contributed by atoms with Crippen LogP contribution in [0.3, 0.4) is 0 Å². The lowest BCUT2D eigenvalue weighted by molar-refractivity contribution is 0.726. The molecule has 1 aliphatic rings. The van der Waals surface area contributed by atoms with Crippen LogP contribution in [0.25, 0.3) is 0 Å². The fourth-order valence-electron chi connectivity index (χ4n) is 8.46. The summed E-state index contributed by atoms with van der Waals surface area (Å²) in [7, 11) is 0. The lowest BCUT2D eigenvalue weighted by atomic mass is 10.00. The molecule has 0 radical (unpaired) electrons. The van der Waals surface area contributed by atoms with Crippen molar-refractivity contribution in [3.63, 3.8) is 0 Å². The zero-order valence-corrected chi connectivity index (χ0v) is 35.9. The molecule has 8 aromatic carbocycles. The summed E-state index contributed by atoms with van der Waals surface area (Å²) in [6.45, 7) is 8.74. The molecule has 4 nitrogen and oxygen atoms in total. The number of benzene rings is 8. The van der Waals surface area contributed by atoms with Crippen LogP contribution in [-0.4, -0.2) is 0 Å². The van der Waals surface area contributed by atoms with Gasteiger partial charge >= 0.3 is 0 Å². The summed E-state index contributed by atoms with van der Waals surface area (Å²) in [4.78, 5) is 9.38. The first-order chi connectivity index (χ1) is 30.4. The quantitative estimate of drug-likeness (QED) is 0.122. The van der Waals surface area contributed by atoms with Crippen LogP contribution in [0.2, 0.25) is 0 Å². The Morgan fingerprint density at radius 3 is 0.952 bits per heavy atom. The molecule has 0 aromatic heterocycles. The van der Waals surface area contributed by atoms with Gasteiger partial charge in [-0.05, 0) is 189 Å². The number of rotatable bonds is 12. The highest BCUT2D eigenvalue weighted by atomic mass is 15.2. The predicted molar refractivity (Wildman–Crippen MR) is 264 cm³/mol. The second kappa shape index (κ2) is 18.0. The van der Waals surface area contributed by atoms with Gasteiger partial charge < -0.3 is 19.6 Å². The monoisotopic (exact) mass is 804 g/mol. The Labute approximate surface area is 367 Å². The minimum absolute atomic E-state index is 0.468. The van der Waals surface area contributed by atoms with Gasteiger partial charge in [0.25, 0.3) is 0 Å². The number of para-hydroxylation sites is 2. The van der Waals surface area contributed by atoms with E-state index in [1.807, 2.05) is 0 Å². The van der Waals surface area contributed by atoms with Crippen molar-refractivity contribution in [2.24, 2.45) is 5.92 Å². The van der Waals surface area contributed by atoms with Crippen LogP contribution < -0.4 is 19.6 Å². The lowest BCUT2D eigenvalue weighted by Crippen LogP contribution is -2.18. The molecule has 0 spiro atoms. The number of anilines is 11. The topological polar surface area (TPSA) is 13.0 Å². The van der Waals surface area contributed by atoms with Crippen molar-refractivity contribution in [3.8, 4) is 0 Å². The van der Waals surface area contributed by atoms with Gasteiger partial charge in [-0.3, -0.25) is 0 Å². The number of nitrogens with zero attached hydrogens (tertiary/aromatic N) is 4. The van der Waals surface area contributed by atoms with Gasteiger partial charge in [-0.25, -0.2) is 0 Å². The van der Waals surface area contributed by atoms with Gasteiger partial charge in [0.1, 0.15) is 0 Å². The third kappa shape index (κ3) is 8.68. The summed E-state index contributed by atoms with van der Waals surface area (Å²) < 4.78 is 0. The molecule has 9 rings (SSSR count). The largest absolute Gasteiger partial charge is 0.311 e. The molecule has 0 N–H and O–H groups in total. The zero-order valence-electron chi connectivity index (χ0n) is 35.9. The summed E-state index contributed by atoms with van der Waals surface area (Å²) in [5.41, 5.74) is 17.0. The second-order valence-corrected chi connectivity index (χ2v) is 16.3. The van der Waals surface area contributed by atoms with Crippen molar-refractivity contribution in [3.05, 3.63) is 247 Å². The Morgan fingerprint density at radius 2 is 0.613 bits per heavy atom. The Kier molecular flexibility index (Phi) is 11.6. The first kappa shape index (κ1) is 39.9. The molecule has 0 heterocycles. The number of hydrogen-bond donors (Lipinski definition) is 0. The zero-order chi connectivity index (χ0) is 42.4. The summed E-state index contributed by atoms with van der Waals surface area (Å²) in [5.74, 6) is 0.468. The molecule has 4 heteroatoms. The molecule has 0 bridgehead atoms. The van der Waals surface area contributed by atoms with Crippen molar-refractivity contribution < 1.29 is 0 Å². The van der Waals surface area contributed by atoms with Crippen molar-refractivity contribution in [2.75, 3.05) is 19.6 Å². The standard InChI is InChI=1S/C58H52N4/c1-43-15-11-23-55(39-43)60(47-19-7-5-8-20-47)52-33-27-49(28-34-52)59(50-29-35-53(36-30-50)61(48-21-9-6-10-22-48)56-24-12-16-44(2)40-56)51-31-37-54(38-32-51)62(57-25-13-17-45(3)41-57)58-26-14-18-46(4)42-58/h5-17,19-42,46H,18H2,1-4H3. The van der Waals surface area contributed by atoms with E-state index in [9.17, 15) is 0 Å². The van der Waals surface area contributed by atoms with Gasteiger partial charge in [-0.1, -0.05) is 91.9 Å². The van der Waals surface area contributed by atoms with Gasteiger partial charge in [0.2, 0.25) is 0 Å². The maximum absolute atomic E-state index is 2.39. The van der Waals surface area contributed by atoms with Crippen LogP contribution in [-0.2, 0) is 0 Å². The smallest absolute Gasteiger partial charge is 0.0464 e. The third-order valence-electron chi connectivity index (χ3n) is 11.4. The molecule has 1 unspecified atom stereocenters. The maximum Gasteiger partial charge on any atom is 0.0464 e. The highest BCUT2D eigenvalue weighted by Gasteiger charge is 2.21. The van der Waals surface area contributed by atoms with Crippen molar-refractivity contribution in [1.29, 1.82) is 0 Å². The van der Waals surface area contributed by atoms with E-state index in [0.29, 0.717) is 5.92 Å². The summed E-state index contributed by atoms with van der Waals surface area (Å²) >= 11 is 0. The number of allylic oxidation sites excluding steroid dienone is 3. The van der Waals surface area contributed by atoms with Crippen molar-refractivity contribution in [1.82, 2.24) is 0 Å². The Morgan fingerprint density at radius 1 is 0.323 bits per heavy atom. The van der Waals surface area contributed by atoms with Gasteiger partial charge in [-0.2, -0.15) is 0 Å². The molecule has 304 valence electrons. The third-order valence-corrected chi connectivity index (χ3v) is 11.4.